The molecule has 5 rings (SSSR count). The Hall–Kier alpha value is -2.87. The summed E-state index contributed by atoms with van der Waals surface area (Å²) in [5.74, 6) is 0.680. The standard InChI is InChI=1S/C26H29FN4O2S/c1-29-21-16-19(25(32)31-14-12-30(13-15-31)24-8-4-5-11-28-24)9-10-22(21)34-23(26(29)33)17-18-6-2-3-7-20(18)27/h2-8,11,17,19,21-22H,9-10,12-16H2,1H3/b23-17-. The van der Waals surface area contributed by atoms with Gasteiger partial charge in [-0.25, -0.2) is 9.37 Å². The largest absolute Gasteiger partial charge is 0.353 e. The minimum Gasteiger partial charge on any atom is -0.353 e. The Labute approximate surface area is 203 Å². The molecule has 1 aliphatic carbocycles. The molecule has 3 unspecified atom stereocenters. The fraction of sp³-hybridized carbons (Fsp3) is 0.423. The second-order valence-corrected chi connectivity index (χ2v) is 10.5. The van der Waals surface area contributed by atoms with Crippen LogP contribution in [0.25, 0.3) is 6.08 Å². The first kappa shape index (κ1) is 22.9. The van der Waals surface area contributed by atoms with Crippen LogP contribution in [0.2, 0.25) is 0 Å². The number of thioether (sulfide) groups is 1. The van der Waals surface area contributed by atoms with Crippen LogP contribution in [0.5, 0.6) is 0 Å². The number of anilines is 1. The van der Waals surface area contributed by atoms with Gasteiger partial charge in [0.1, 0.15) is 11.6 Å². The van der Waals surface area contributed by atoms with Crippen molar-refractivity contribution in [2.24, 2.45) is 5.92 Å². The maximum absolute atomic E-state index is 14.1. The van der Waals surface area contributed by atoms with Crippen molar-refractivity contribution in [2.45, 2.75) is 30.6 Å². The lowest BCUT2D eigenvalue weighted by Crippen LogP contribution is -2.55. The van der Waals surface area contributed by atoms with Crippen molar-refractivity contribution in [3.05, 3.63) is 64.9 Å². The third-order valence-electron chi connectivity index (χ3n) is 7.17. The molecule has 1 aromatic carbocycles. The van der Waals surface area contributed by atoms with E-state index in [-0.39, 0.29) is 34.8 Å². The molecule has 2 aliphatic heterocycles. The summed E-state index contributed by atoms with van der Waals surface area (Å²) in [5.41, 5.74) is 0.430. The van der Waals surface area contributed by atoms with E-state index in [9.17, 15) is 14.0 Å². The Morgan fingerprint density at radius 1 is 1.09 bits per heavy atom. The van der Waals surface area contributed by atoms with Gasteiger partial charge in [0.25, 0.3) is 5.91 Å². The molecule has 8 heteroatoms. The Kier molecular flexibility index (Phi) is 6.59. The van der Waals surface area contributed by atoms with E-state index in [1.165, 1.54) is 6.07 Å². The summed E-state index contributed by atoms with van der Waals surface area (Å²) < 4.78 is 14.1. The number of pyridine rings is 1. The zero-order chi connectivity index (χ0) is 23.7. The third kappa shape index (κ3) is 4.56. The number of hydrogen-bond acceptors (Lipinski definition) is 5. The molecule has 0 radical (unpaired) electrons. The molecule has 3 atom stereocenters. The molecule has 2 aromatic rings. The molecular weight excluding hydrogens is 451 g/mol. The monoisotopic (exact) mass is 480 g/mol. The maximum Gasteiger partial charge on any atom is 0.260 e. The van der Waals surface area contributed by atoms with Gasteiger partial charge in [-0.2, -0.15) is 0 Å². The molecule has 178 valence electrons. The normalized spacial score (nSPS) is 26.5. The molecule has 34 heavy (non-hydrogen) atoms. The van der Waals surface area contributed by atoms with Crippen molar-refractivity contribution in [3.63, 3.8) is 0 Å². The number of rotatable bonds is 3. The van der Waals surface area contributed by atoms with Crippen LogP contribution in [-0.2, 0) is 9.59 Å². The Balaban J connectivity index is 1.21. The lowest BCUT2D eigenvalue weighted by atomic mass is 9.83. The fourth-order valence-corrected chi connectivity index (χ4v) is 6.68. The number of hydrogen-bond donors (Lipinski definition) is 0. The SMILES string of the molecule is CN1C(=O)/C(=C/c2ccccc2F)SC2CCC(C(=O)N3CCN(c4ccccn4)CC3)CC21. The van der Waals surface area contributed by atoms with E-state index in [2.05, 4.69) is 9.88 Å². The van der Waals surface area contributed by atoms with Gasteiger partial charge in [0.15, 0.2) is 0 Å². The van der Waals surface area contributed by atoms with E-state index in [1.807, 2.05) is 30.1 Å². The molecule has 6 nitrogen and oxygen atoms in total. The number of fused-ring (bicyclic) bond motifs is 1. The van der Waals surface area contributed by atoms with Gasteiger partial charge >= 0.3 is 0 Å². The van der Waals surface area contributed by atoms with Crippen molar-refractivity contribution >= 4 is 35.5 Å². The van der Waals surface area contributed by atoms with E-state index in [1.54, 1.807) is 47.1 Å². The smallest absolute Gasteiger partial charge is 0.260 e. The van der Waals surface area contributed by atoms with Crippen LogP contribution in [0.1, 0.15) is 24.8 Å². The molecule has 3 fully saturated rings. The molecule has 0 bridgehead atoms. The van der Waals surface area contributed by atoms with E-state index in [0.717, 1.165) is 31.7 Å². The van der Waals surface area contributed by atoms with Crippen LogP contribution < -0.4 is 4.90 Å². The summed E-state index contributed by atoms with van der Waals surface area (Å²) in [6.45, 7) is 2.94. The molecule has 3 heterocycles. The minimum absolute atomic E-state index is 0.0211. The molecule has 1 aromatic heterocycles. The Bertz CT molecular complexity index is 1090. The van der Waals surface area contributed by atoms with Gasteiger partial charge in [-0.3, -0.25) is 9.59 Å². The van der Waals surface area contributed by atoms with Gasteiger partial charge in [-0.1, -0.05) is 24.3 Å². The second-order valence-electron chi connectivity index (χ2n) is 9.18. The zero-order valence-corrected chi connectivity index (χ0v) is 20.1. The summed E-state index contributed by atoms with van der Waals surface area (Å²) in [6, 6.07) is 12.4. The highest BCUT2D eigenvalue weighted by Gasteiger charge is 2.43. The molecule has 0 N–H and O–H groups in total. The summed E-state index contributed by atoms with van der Waals surface area (Å²) in [7, 11) is 1.81. The topological polar surface area (TPSA) is 56.8 Å². The minimum atomic E-state index is -0.328. The number of carbonyl (C=O) groups is 2. The molecule has 2 saturated heterocycles. The van der Waals surface area contributed by atoms with E-state index in [0.29, 0.717) is 30.0 Å². The van der Waals surface area contributed by atoms with Crippen LogP contribution in [0.4, 0.5) is 10.2 Å². The molecule has 2 amide bonds. The van der Waals surface area contributed by atoms with Gasteiger partial charge in [0.05, 0.1) is 4.91 Å². The van der Waals surface area contributed by atoms with Gasteiger partial charge in [-0.15, -0.1) is 11.8 Å². The summed E-state index contributed by atoms with van der Waals surface area (Å²) in [4.78, 5) is 37.3. The van der Waals surface area contributed by atoms with Gasteiger partial charge < -0.3 is 14.7 Å². The van der Waals surface area contributed by atoms with E-state index < -0.39 is 0 Å². The highest BCUT2D eigenvalue weighted by molar-refractivity contribution is 8.04. The Morgan fingerprint density at radius 2 is 1.85 bits per heavy atom. The first-order valence-electron chi connectivity index (χ1n) is 11.9. The third-order valence-corrected chi connectivity index (χ3v) is 8.57. The Morgan fingerprint density at radius 3 is 2.59 bits per heavy atom. The number of benzene rings is 1. The van der Waals surface area contributed by atoms with Crippen LogP contribution in [0, 0.1) is 11.7 Å². The van der Waals surface area contributed by atoms with Crippen molar-refractivity contribution in [2.75, 3.05) is 38.1 Å². The number of likely N-dealkylation sites (N-methyl/N-ethyl adjacent to an activating group) is 1. The number of amides is 2. The zero-order valence-electron chi connectivity index (χ0n) is 19.3. The molecule has 0 spiro atoms. The van der Waals surface area contributed by atoms with E-state index in [4.69, 9.17) is 0 Å². The average molecular weight is 481 g/mol. The first-order valence-corrected chi connectivity index (χ1v) is 12.7. The predicted molar refractivity (Wildman–Crippen MR) is 133 cm³/mol. The predicted octanol–water partition coefficient (Wildman–Crippen LogP) is 3.65. The van der Waals surface area contributed by atoms with Crippen LogP contribution in [0.15, 0.2) is 53.6 Å². The van der Waals surface area contributed by atoms with Crippen molar-refractivity contribution in [1.82, 2.24) is 14.8 Å². The quantitative estimate of drug-likeness (QED) is 0.628. The summed E-state index contributed by atoms with van der Waals surface area (Å²) >= 11 is 1.54. The maximum atomic E-state index is 14.1. The highest BCUT2D eigenvalue weighted by atomic mass is 32.2. The summed E-state index contributed by atoms with van der Waals surface area (Å²) in [5, 5.41) is 0.228. The van der Waals surface area contributed by atoms with Gasteiger partial charge in [0.2, 0.25) is 5.91 Å². The molecule has 3 aliphatic rings. The number of carbonyl (C=O) groups excluding carboxylic acids is 2. The summed E-state index contributed by atoms with van der Waals surface area (Å²) in [6.07, 6.45) is 5.83. The van der Waals surface area contributed by atoms with Crippen molar-refractivity contribution in [3.8, 4) is 0 Å². The number of piperazine rings is 1. The van der Waals surface area contributed by atoms with Crippen LogP contribution in [0.3, 0.4) is 0 Å². The van der Waals surface area contributed by atoms with E-state index >= 15 is 0 Å². The van der Waals surface area contributed by atoms with Gasteiger partial charge in [-0.05, 0) is 43.5 Å². The van der Waals surface area contributed by atoms with Crippen LogP contribution in [-0.4, -0.2) is 71.1 Å². The van der Waals surface area contributed by atoms with Crippen molar-refractivity contribution < 1.29 is 14.0 Å². The number of nitrogens with zero attached hydrogens (tertiary/aromatic N) is 4. The first-order chi connectivity index (χ1) is 16.5. The fourth-order valence-electron chi connectivity index (χ4n) is 5.21. The average Bonchev–Trinajstić information content (AvgIpc) is 2.88. The number of halogens is 1. The van der Waals surface area contributed by atoms with Crippen LogP contribution >= 0.6 is 11.8 Å². The molecular formula is C26H29FN4O2S. The lowest BCUT2D eigenvalue weighted by Gasteiger charge is -2.45. The lowest BCUT2D eigenvalue weighted by molar-refractivity contribution is -0.139. The second kappa shape index (κ2) is 9.78. The number of aromatic nitrogens is 1. The van der Waals surface area contributed by atoms with Crippen molar-refractivity contribution in [1.29, 1.82) is 0 Å². The molecule has 1 saturated carbocycles. The van der Waals surface area contributed by atoms with Gasteiger partial charge in [0, 0.05) is 62.2 Å². The highest BCUT2D eigenvalue weighted by Crippen LogP contribution is 2.43.